The molecule has 110 valence electrons. The highest BCUT2D eigenvalue weighted by molar-refractivity contribution is 5.95. The minimum absolute atomic E-state index is 0.832. The number of anilines is 1. The van der Waals surface area contributed by atoms with Crippen LogP contribution >= 0.6 is 0 Å². The fourth-order valence-corrected chi connectivity index (χ4v) is 2.75. The largest absolute Gasteiger partial charge is 0.380 e. The first kappa shape index (κ1) is 14.4. The van der Waals surface area contributed by atoms with Crippen molar-refractivity contribution >= 4 is 16.5 Å². The molecule has 0 fully saturated rings. The van der Waals surface area contributed by atoms with Crippen LogP contribution in [0.1, 0.15) is 16.7 Å². The minimum atomic E-state index is 0.832. The molecule has 0 aliphatic carbocycles. The SMILES string of the molecule is C=CCc1ccc2ccccc2c1NCc1ccc(C)cc1. The summed E-state index contributed by atoms with van der Waals surface area (Å²) in [6.45, 7) is 6.82. The summed E-state index contributed by atoms with van der Waals surface area (Å²) in [5, 5.41) is 6.17. The molecule has 3 rings (SSSR count). The fraction of sp³-hybridized carbons (Fsp3) is 0.143. The maximum atomic E-state index is 3.88. The van der Waals surface area contributed by atoms with Crippen molar-refractivity contribution in [2.45, 2.75) is 19.9 Å². The van der Waals surface area contributed by atoms with Crippen molar-refractivity contribution in [2.75, 3.05) is 5.32 Å². The van der Waals surface area contributed by atoms with Gasteiger partial charge >= 0.3 is 0 Å². The normalized spacial score (nSPS) is 10.6. The summed E-state index contributed by atoms with van der Waals surface area (Å²) in [5.74, 6) is 0. The van der Waals surface area contributed by atoms with E-state index in [9.17, 15) is 0 Å². The fourth-order valence-electron chi connectivity index (χ4n) is 2.75. The van der Waals surface area contributed by atoms with Gasteiger partial charge in [-0.3, -0.25) is 0 Å². The van der Waals surface area contributed by atoms with E-state index in [0.717, 1.165) is 13.0 Å². The van der Waals surface area contributed by atoms with Gasteiger partial charge in [0.1, 0.15) is 0 Å². The van der Waals surface area contributed by atoms with Gasteiger partial charge in [0.25, 0.3) is 0 Å². The number of fused-ring (bicyclic) bond motifs is 1. The number of rotatable bonds is 5. The van der Waals surface area contributed by atoms with E-state index >= 15 is 0 Å². The maximum Gasteiger partial charge on any atom is 0.0458 e. The van der Waals surface area contributed by atoms with Crippen LogP contribution in [0.2, 0.25) is 0 Å². The highest BCUT2D eigenvalue weighted by Crippen LogP contribution is 2.28. The Morgan fingerprint density at radius 1 is 0.955 bits per heavy atom. The van der Waals surface area contributed by atoms with Gasteiger partial charge in [-0.1, -0.05) is 72.3 Å². The Balaban J connectivity index is 1.94. The van der Waals surface area contributed by atoms with Gasteiger partial charge in [0.15, 0.2) is 0 Å². The Morgan fingerprint density at radius 3 is 2.50 bits per heavy atom. The van der Waals surface area contributed by atoms with E-state index in [4.69, 9.17) is 0 Å². The summed E-state index contributed by atoms with van der Waals surface area (Å²) in [5.41, 5.74) is 5.10. The molecule has 1 nitrogen and oxygen atoms in total. The van der Waals surface area contributed by atoms with Gasteiger partial charge in [-0.25, -0.2) is 0 Å². The van der Waals surface area contributed by atoms with Crippen molar-refractivity contribution in [3.8, 4) is 0 Å². The molecule has 1 heteroatoms. The third-order valence-corrected chi connectivity index (χ3v) is 3.97. The van der Waals surface area contributed by atoms with E-state index in [1.807, 2.05) is 6.08 Å². The lowest BCUT2D eigenvalue weighted by Crippen LogP contribution is -2.03. The van der Waals surface area contributed by atoms with Crippen LogP contribution in [-0.4, -0.2) is 0 Å². The molecule has 0 spiro atoms. The lowest BCUT2D eigenvalue weighted by atomic mass is 10.0. The van der Waals surface area contributed by atoms with Crippen LogP contribution in [0.25, 0.3) is 10.8 Å². The Labute approximate surface area is 132 Å². The molecule has 22 heavy (non-hydrogen) atoms. The van der Waals surface area contributed by atoms with Crippen LogP contribution < -0.4 is 5.32 Å². The van der Waals surface area contributed by atoms with E-state index in [1.54, 1.807) is 0 Å². The van der Waals surface area contributed by atoms with Crippen molar-refractivity contribution in [3.63, 3.8) is 0 Å². The molecule has 0 aromatic heterocycles. The minimum Gasteiger partial charge on any atom is -0.380 e. The number of hydrogen-bond acceptors (Lipinski definition) is 1. The first-order valence-corrected chi connectivity index (χ1v) is 7.69. The highest BCUT2D eigenvalue weighted by Gasteiger charge is 2.06. The average Bonchev–Trinajstić information content (AvgIpc) is 2.55. The van der Waals surface area contributed by atoms with E-state index < -0.39 is 0 Å². The maximum absolute atomic E-state index is 3.88. The zero-order chi connectivity index (χ0) is 15.4. The molecule has 1 N–H and O–H groups in total. The summed E-state index contributed by atoms with van der Waals surface area (Å²) in [4.78, 5) is 0. The zero-order valence-electron chi connectivity index (χ0n) is 13.0. The molecule has 0 aliphatic heterocycles. The second kappa shape index (κ2) is 6.48. The van der Waals surface area contributed by atoms with Crippen LogP contribution in [0.5, 0.6) is 0 Å². The van der Waals surface area contributed by atoms with Crippen LogP contribution in [0.3, 0.4) is 0 Å². The lowest BCUT2D eigenvalue weighted by molar-refractivity contribution is 1.13. The average molecular weight is 287 g/mol. The summed E-state index contributed by atoms with van der Waals surface area (Å²) >= 11 is 0. The van der Waals surface area contributed by atoms with E-state index in [-0.39, 0.29) is 0 Å². The van der Waals surface area contributed by atoms with E-state index in [1.165, 1.54) is 33.2 Å². The second-order valence-electron chi connectivity index (χ2n) is 5.65. The van der Waals surface area contributed by atoms with E-state index in [0.29, 0.717) is 0 Å². The van der Waals surface area contributed by atoms with Gasteiger partial charge < -0.3 is 5.32 Å². The Morgan fingerprint density at radius 2 is 1.73 bits per heavy atom. The van der Waals surface area contributed by atoms with Crippen LogP contribution in [-0.2, 0) is 13.0 Å². The Kier molecular flexibility index (Phi) is 4.24. The first-order valence-electron chi connectivity index (χ1n) is 7.69. The summed E-state index contributed by atoms with van der Waals surface area (Å²) in [6.07, 6.45) is 2.84. The number of hydrogen-bond donors (Lipinski definition) is 1. The number of nitrogens with one attached hydrogen (secondary N) is 1. The molecule has 0 radical (unpaired) electrons. The van der Waals surface area contributed by atoms with Gasteiger partial charge in [-0.15, -0.1) is 6.58 Å². The Bertz CT molecular complexity index is 785. The third kappa shape index (κ3) is 3.04. The quantitative estimate of drug-likeness (QED) is 0.612. The number of aryl methyl sites for hydroxylation is 1. The standard InChI is InChI=1S/C21H21N/c1-3-6-19-14-13-18-7-4-5-8-20(18)21(19)22-15-17-11-9-16(2)10-12-17/h3-5,7-14,22H,1,6,15H2,2H3. The predicted octanol–water partition coefficient (Wildman–Crippen LogP) is 5.49. The molecule has 0 unspecified atom stereocenters. The summed E-state index contributed by atoms with van der Waals surface area (Å²) < 4.78 is 0. The molecule has 0 saturated carbocycles. The molecule has 0 atom stereocenters. The van der Waals surface area contributed by atoms with Crippen molar-refractivity contribution in [3.05, 3.63) is 90.0 Å². The van der Waals surface area contributed by atoms with Crippen molar-refractivity contribution < 1.29 is 0 Å². The Hall–Kier alpha value is -2.54. The van der Waals surface area contributed by atoms with Crippen molar-refractivity contribution in [2.24, 2.45) is 0 Å². The van der Waals surface area contributed by atoms with Crippen LogP contribution in [0.15, 0.2) is 73.3 Å². The first-order chi connectivity index (χ1) is 10.8. The molecular weight excluding hydrogens is 266 g/mol. The summed E-state index contributed by atoms with van der Waals surface area (Å²) in [7, 11) is 0. The molecule has 0 heterocycles. The molecule has 0 amide bonds. The predicted molar refractivity (Wildman–Crippen MR) is 96.4 cm³/mol. The molecular formula is C21H21N. The lowest BCUT2D eigenvalue weighted by Gasteiger charge is -2.15. The van der Waals surface area contributed by atoms with Gasteiger partial charge in [-0.05, 0) is 29.9 Å². The highest BCUT2D eigenvalue weighted by atomic mass is 14.9. The zero-order valence-corrected chi connectivity index (χ0v) is 13.0. The topological polar surface area (TPSA) is 12.0 Å². The van der Waals surface area contributed by atoms with Gasteiger partial charge in [0.2, 0.25) is 0 Å². The van der Waals surface area contributed by atoms with Crippen molar-refractivity contribution in [1.29, 1.82) is 0 Å². The monoisotopic (exact) mass is 287 g/mol. The summed E-state index contributed by atoms with van der Waals surface area (Å²) in [6, 6.07) is 21.6. The molecule has 0 aliphatic rings. The number of allylic oxidation sites excluding steroid dienone is 1. The van der Waals surface area contributed by atoms with Gasteiger partial charge in [0, 0.05) is 17.6 Å². The van der Waals surface area contributed by atoms with Gasteiger partial charge in [-0.2, -0.15) is 0 Å². The smallest absolute Gasteiger partial charge is 0.0458 e. The van der Waals surface area contributed by atoms with Crippen molar-refractivity contribution in [1.82, 2.24) is 0 Å². The molecule has 3 aromatic carbocycles. The van der Waals surface area contributed by atoms with Gasteiger partial charge in [0.05, 0.1) is 0 Å². The third-order valence-electron chi connectivity index (χ3n) is 3.97. The molecule has 0 saturated heterocycles. The van der Waals surface area contributed by atoms with Crippen LogP contribution in [0, 0.1) is 6.92 Å². The van der Waals surface area contributed by atoms with E-state index in [2.05, 4.69) is 79.5 Å². The molecule has 3 aromatic rings. The number of benzene rings is 3. The van der Waals surface area contributed by atoms with Crippen LogP contribution in [0.4, 0.5) is 5.69 Å². The second-order valence-corrected chi connectivity index (χ2v) is 5.65. The molecule has 0 bridgehead atoms.